The maximum Gasteiger partial charge on any atom is 0.241 e. The summed E-state index contributed by atoms with van der Waals surface area (Å²) in [5, 5.41) is 14.8. The molecule has 0 bridgehead atoms. The van der Waals surface area contributed by atoms with Gasteiger partial charge in [0.2, 0.25) is 5.91 Å². The van der Waals surface area contributed by atoms with Gasteiger partial charge in [0.05, 0.1) is 16.6 Å². The number of carbonyl (C=O) groups excluding carboxylic acids is 1. The number of hydrogen-bond acceptors (Lipinski definition) is 3. The Kier molecular flexibility index (Phi) is 6.20. The van der Waals surface area contributed by atoms with Crippen molar-refractivity contribution in [3.05, 3.63) is 52.2 Å². The molecule has 3 rings (SSSR count). The number of benzene rings is 1. The summed E-state index contributed by atoms with van der Waals surface area (Å²) < 4.78 is 15.4. The molecule has 1 atom stereocenters. The van der Waals surface area contributed by atoms with Crippen molar-refractivity contribution in [2.24, 2.45) is 17.6 Å². The summed E-state index contributed by atoms with van der Waals surface area (Å²) in [7, 11) is 0. The number of rotatable bonds is 4. The van der Waals surface area contributed by atoms with Crippen LogP contribution >= 0.6 is 11.6 Å². The fourth-order valence-electron chi connectivity index (χ4n) is 3.82. The van der Waals surface area contributed by atoms with Gasteiger partial charge in [0.1, 0.15) is 5.82 Å². The van der Waals surface area contributed by atoms with E-state index in [1.807, 2.05) is 0 Å². The lowest BCUT2D eigenvalue weighted by Gasteiger charge is -2.29. The van der Waals surface area contributed by atoms with Crippen LogP contribution in [-0.2, 0) is 4.79 Å². The lowest BCUT2D eigenvalue weighted by molar-refractivity contribution is -0.611. The second-order valence-corrected chi connectivity index (χ2v) is 8.09. The Morgan fingerprint density at radius 2 is 2.00 bits per heavy atom. The number of hydrogen-bond donors (Lipinski definition) is 2. The van der Waals surface area contributed by atoms with Crippen LogP contribution in [0.25, 0.3) is 11.1 Å². The van der Waals surface area contributed by atoms with Crippen LogP contribution in [0, 0.1) is 29.8 Å². The third kappa shape index (κ3) is 4.28. The molecule has 3 N–H and O–H groups in total. The van der Waals surface area contributed by atoms with Gasteiger partial charge in [-0.3, -0.25) is 4.79 Å². The van der Waals surface area contributed by atoms with Crippen LogP contribution in [0.15, 0.2) is 30.5 Å². The van der Waals surface area contributed by atoms with Gasteiger partial charge < -0.3 is 16.3 Å². The molecule has 1 aromatic heterocycles. The van der Waals surface area contributed by atoms with Crippen LogP contribution < -0.4 is 15.8 Å². The summed E-state index contributed by atoms with van der Waals surface area (Å²) >= 11 is 6.16. The van der Waals surface area contributed by atoms with Gasteiger partial charge in [-0.1, -0.05) is 31.4 Å². The number of nitrogens with one attached hydrogen (secondary N) is 1. The van der Waals surface area contributed by atoms with E-state index in [9.17, 15) is 14.4 Å². The van der Waals surface area contributed by atoms with Crippen molar-refractivity contribution < 1.29 is 13.9 Å². The molecule has 0 radical (unpaired) electrons. The molecule has 1 aliphatic rings. The van der Waals surface area contributed by atoms with E-state index in [2.05, 4.69) is 12.2 Å². The maximum atomic E-state index is 14.7. The molecule has 0 unspecified atom stereocenters. The zero-order chi connectivity index (χ0) is 20.4. The zero-order valence-corrected chi connectivity index (χ0v) is 16.8. The molecule has 0 spiro atoms. The zero-order valence-electron chi connectivity index (χ0n) is 16.0. The molecule has 1 aromatic carbocycles. The molecule has 28 heavy (non-hydrogen) atoms. The van der Waals surface area contributed by atoms with Crippen molar-refractivity contribution in [1.82, 2.24) is 0 Å². The van der Waals surface area contributed by atoms with Crippen LogP contribution in [0.1, 0.15) is 38.3 Å². The van der Waals surface area contributed by atoms with E-state index in [0.717, 1.165) is 25.7 Å². The van der Waals surface area contributed by atoms with Crippen molar-refractivity contribution in [1.29, 1.82) is 0 Å². The van der Waals surface area contributed by atoms with Gasteiger partial charge in [0.25, 0.3) is 0 Å². The van der Waals surface area contributed by atoms with E-state index < -0.39 is 11.9 Å². The van der Waals surface area contributed by atoms with Crippen LogP contribution in [0.3, 0.4) is 0 Å². The second-order valence-electron chi connectivity index (χ2n) is 7.68. The number of aromatic nitrogens is 1. The van der Waals surface area contributed by atoms with Crippen molar-refractivity contribution >= 4 is 23.2 Å². The van der Waals surface area contributed by atoms with Gasteiger partial charge in [-0.15, -0.1) is 0 Å². The molecular weight excluding hydrogens is 381 g/mol. The summed E-state index contributed by atoms with van der Waals surface area (Å²) in [6.07, 6.45) is 5.30. The van der Waals surface area contributed by atoms with E-state index >= 15 is 0 Å². The fourth-order valence-corrected chi connectivity index (χ4v) is 4.11. The Balaban J connectivity index is 1.76. The standard InChI is InChI=1S/C21H25ClFN3O2/c1-12-3-5-14(6-4-12)20(24)21(27)25-15-7-8-16(18(23)11-15)19-13(2)26(28)10-9-17(19)22/h7-12,14,20H,3-6,24H2,1-2H3,(H,25,27)/t12?,14?,20-/m0/s1. The van der Waals surface area contributed by atoms with Gasteiger partial charge in [-0.25, -0.2) is 4.39 Å². The molecule has 2 aromatic rings. The second kappa shape index (κ2) is 8.45. The van der Waals surface area contributed by atoms with E-state index in [1.54, 1.807) is 13.0 Å². The summed E-state index contributed by atoms with van der Waals surface area (Å²) in [6.45, 7) is 3.79. The summed E-state index contributed by atoms with van der Waals surface area (Å²) in [6, 6.07) is 5.13. The molecule has 7 heteroatoms. The molecule has 0 aliphatic heterocycles. The quantitative estimate of drug-likeness (QED) is 0.591. The van der Waals surface area contributed by atoms with E-state index in [-0.39, 0.29) is 22.4 Å². The average molecular weight is 406 g/mol. The molecule has 150 valence electrons. The minimum Gasteiger partial charge on any atom is -0.618 e. The number of pyridine rings is 1. The SMILES string of the molecule is Cc1c(-c2ccc(NC(=O)[C@@H](N)C3CCC(C)CC3)cc2F)c(Cl)cc[n+]1[O-]. The Bertz CT molecular complexity index is 882. The lowest BCUT2D eigenvalue weighted by Crippen LogP contribution is -2.43. The number of nitrogens with zero attached hydrogens (tertiary/aromatic N) is 1. The van der Waals surface area contributed by atoms with Crippen LogP contribution in [0.2, 0.25) is 5.02 Å². The Morgan fingerprint density at radius 3 is 2.64 bits per heavy atom. The first-order valence-electron chi connectivity index (χ1n) is 9.52. The van der Waals surface area contributed by atoms with Crippen LogP contribution in [0.5, 0.6) is 0 Å². The van der Waals surface area contributed by atoms with Gasteiger partial charge in [-0.2, -0.15) is 4.73 Å². The van der Waals surface area contributed by atoms with Crippen LogP contribution in [0.4, 0.5) is 10.1 Å². The number of amides is 1. The Morgan fingerprint density at radius 1 is 1.32 bits per heavy atom. The monoisotopic (exact) mass is 405 g/mol. The highest BCUT2D eigenvalue weighted by molar-refractivity contribution is 6.33. The minimum absolute atomic E-state index is 0.151. The highest BCUT2D eigenvalue weighted by atomic mass is 35.5. The first kappa shape index (κ1) is 20.6. The molecule has 0 saturated heterocycles. The molecular formula is C21H25ClFN3O2. The Hall–Kier alpha value is -2.18. The van der Waals surface area contributed by atoms with E-state index in [4.69, 9.17) is 17.3 Å². The van der Waals surface area contributed by atoms with Crippen molar-refractivity contribution in [3.8, 4) is 11.1 Å². The van der Waals surface area contributed by atoms with Gasteiger partial charge in [0.15, 0.2) is 11.9 Å². The van der Waals surface area contributed by atoms with Crippen molar-refractivity contribution in [2.75, 3.05) is 5.32 Å². The molecule has 1 aliphatic carbocycles. The molecule has 1 heterocycles. The van der Waals surface area contributed by atoms with Gasteiger partial charge >= 0.3 is 0 Å². The average Bonchev–Trinajstić information content (AvgIpc) is 2.66. The fraction of sp³-hybridized carbons (Fsp3) is 0.429. The van der Waals surface area contributed by atoms with E-state index in [0.29, 0.717) is 27.6 Å². The number of halogens is 2. The predicted molar refractivity (Wildman–Crippen MR) is 108 cm³/mol. The molecule has 1 amide bonds. The summed E-state index contributed by atoms with van der Waals surface area (Å²) in [5.41, 5.74) is 7.31. The summed E-state index contributed by atoms with van der Waals surface area (Å²) in [4.78, 5) is 12.5. The highest BCUT2D eigenvalue weighted by Crippen LogP contribution is 2.33. The highest BCUT2D eigenvalue weighted by Gasteiger charge is 2.28. The molecule has 1 fully saturated rings. The van der Waals surface area contributed by atoms with Crippen molar-refractivity contribution in [3.63, 3.8) is 0 Å². The topological polar surface area (TPSA) is 82.1 Å². The first-order chi connectivity index (χ1) is 13.3. The minimum atomic E-state index is -0.611. The Labute approximate surface area is 169 Å². The number of carbonyl (C=O) groups is 1. The third-order valence-corrected chi connectivity index (χ3v) is 5.98. The van der Waals surface area contributed by atoms with Crippen LogP contribution in [-0.4, -0.2) is 11.9 Å². The first-order valence-corrected chi connectivity index (χ1v) is 9.90. The van der Waals surface area contributed by atoms with Crippen molar-refractivity contribution in [2.45, 2.75) is 45.6 Å². The van der Waals surface area contributed by atoms with Gasteiger partial charge in [0, 0.05) is 24.2 Å². The predicted octanol–water partition coefficient (Wildman–Crippen LogP) is 4.18. The van der Waals surface area contributed by atoms with Gasteiger partial charge in [-0.05, 0) is 42.9 Å². The summed E-state index contributed by atoms with van der Waals surface area (Å²) in [5.74, 6) is -0.0556. The maximum absolute atomic E-state index is 14.7. The largest absolute Gasteiger partial charge is 0.618 e. The lowest BCUT2D eigenvalue weighted by atomic mass is 9.79. The number of nitrogens with two attached hydrogens (primary N) is 1. The number of anilines is 1. The van der Waals surface area contributed by atoms with E-state index in [1.165, 1.54) is 24.4 Å². The third-order valence-electron chi connectivity index (χ3n) is 5.66. The normalized spacial score (nSPS) is 20.6. The smallest absolute Gasteiger partial charge is 0.241 e. The molecule has 5 nitrogen and oxygen atoms in total. The molecule has 1 saturated carbocycles.